The van der Waals surface area contributed by atoms with Gasteiger partial charge in [-0.1, -0.05) is 18.2 Å². The van der Waals surface area contributed by atoms with Crippen molar-refractivity contribution in [1.82, 2.24) is 5.32 Å². The predicted molar refractivity (Wildman–Crippen MR) is 92.9 cm³/mol. The van der Waals surface area contributed by atoms with E-state index in [1.165, 1.54) is 12.1 Å². The highest BCUT2D eigenvalue weighted by molar-refractivity contribution is 7.90. The van der Waals surface area contributed by atoms with Crippen molar-refractivity contribution in [3.8, 4) is 11.5 Å². The van der Waals surface area contributed by atoms with Crippen LogP contribution in [0.5, 0.6) is 11.5 Å². The molecule has 1 unspecified atom stereocenters. The van der Waals surface area contributed by atoms with E-state index in [2.05, 4.69) is 5.32 Å². The molecule has 0 radical (unpaired) electrons. The predicted octanol–water partition coefficient (Wildman–Crippen LogP) is 2.35. The van der Waals surface area contributed by atoms with Gasteiger partial charge in [0.1, 0.15) is 13.2 Å². The Hall–Kier alpha value is -2.54. The van der Waals surface area contributed by atoms with Crippen LogP contribution >= 0.6 is 0 Å². The van der Waals surface area contributed by atoms with Gasteiger partial charge in [-0.15, -0.1) is 0 Å². The van der Waals surface area contributed by atoms with Crippen molar-refractivity contribution in [3.05, 3.63) is 53.6 Å². The van der Waals surface area contributed by atoms with Gasteiger partial charge >= 0.3 is 0 Å². The summed E-state index contributed by atoms with van der Waals surface area (Å²) in [5, 5.41) is 2.90. The first-order valence-electron chi connectivity index (χ1n) is 7.86. The molecule has 3 rings (SSSR count). The van der Waals surface area contributed by atoms with E-state index in [-0.39, 0.29) is 16.8 Å². The summed E-state index contributed by atoms with van der Waals surface area (Å²) in [5.41, 5.74) is 1.22. The molecule has 0 saturated carbocycles. The first-order chi connectivity index (χ1) is 11.9. The summed E-state index contributed by atoms with van der Waals surface area (Å²) in [6, 6.07) is 11.4. The smallest absolute Gasteiger partial charge is 0.255 e. The number of para-hydroxylation sites is 1. The molecule has 1 atom stereocenters. The van der Waals surface area contributed by atoms with Crippen LogP contribution in [0.4, 0.5) is 0 Å². The molecule has 1 N–H and O–H groups in total. The van der Waals surface area contributed by atoms with E-state index in [1.54, 1.807) is 30.3 Å². The third-order valence-electron chi connectivity index (χ3n) is 3.97. The number of sulfone groups is 1. The molecule has 0 aromatic heterocycles. The third-order valence-corrected chi connectivity index (χ3v) is 5.10. The van der Waals surface area contributed by atoms with E-state index in [1.807, 2.05) is 6.92 Å². The zero-order chi connectivity index (χ0) is 18.0. The van der Waals surface area contributed by atoms with Gasteiger partial charge in [0, 0.05) is 6.26 Å². The van der Waals surface area contributed by atoms with Crippen molar-refractivity contribution >= 4 is 15.7 Å². The van der Waals surface area contributed by atoms with Crippen LogP contribution in [-0.2, 0) is 9.84 Å². The van der Waals surface area contributed by atoms with E-state index in [0.717, 1.165) is 11.8 Å². The lowest BCUT2D eigenvalue weighted by atomic mass is 10.1. The zero-order valence-electron chi connectivity index (χ0n) is 14.0. The second-order valence-electron chi connectivity index (χ2n) is 5.87. The van der Waals surface area contributed by atoms with Gasteiger partial charge in [0.2, 0.25) is 0 Å². The first-order valence-corrected chi connectivity index (χ1v) is 9.75. The number of nitrogens with one attached hydrogen (secondary N) is 1. The lowest BCUT2D eigenvalue weighted by molar-refractivity contribution is 0.0928. The number of rotatable bonds is 4. The molecule has 1 aliphatic rings. The van der Waals surface area contributed by atoms with Gasteiger partial charge in [-0.2, -0.15) is 0 Å². The highest BCUT2D eigenvalue weighted by Gasteiger charge is 2.21. The average molecular weight is 361 g/mol. The van der Waals surface area contributed by atoms with Crippen LogP contribution in [0.15, 0.2) is 47.4 Å². The molecule has 1 amide bonds. The van der Waals surface area contributed by atoms with Crippen LogP contribution in [0.2, 0.25) is 0 Å². The van der Waals surface area contributed by atoms with Crippen molar-refractivity contribution in [2.45, 2.75) is 17.9 Å². The van der Waals surface area contributed by atoms with Crippen LogP contribution in [0.1, 0.15) is 28.9 Å². The summed E-state index contributed by atoms with van der Waals surface area (Å²) >= 11 is 0. The van der Waals surface area contributed by atoms with E-state index in [9.17, 15) is 13.2 Å². The molecule has 132 valence electrons. The van der Waals surface area contributed by atoms with Gasteiger partial charge in [-0.05, 0) is 36.8 Å². The maximum Gasteiger partial charge on any atom is 0.255 e. The fourth-order valence-corrected chi connectivity index (χ4v) is 3.24. The number of hydrogen-bond acceptors (Lipinski definition) is 5. The molecule has 2 aromatic rings. The molecule has 0 spiro atoms. The lowest BCUT2D eigenvalue weighted by Gasteiger charge is -2.21. The first kappa shape index (κ1) is 17.3. The van der Waals surface area contributed by atoms with Gasteiger partial charge in [-0.25, -0.2) is 8.42 Å². The Kier molecular flexibility index (Phi) is 4.67. The SMILES string of the molecule is CC(NC(=O)c1cccc2c1OCCO2)c1ccc(S(C)(=O)=O)cc1. The van der Waals surface area contributed by atoms with Crippen molar-refractivity contribution in [2.75, 3.05) is 19.5 Å². The molecule has 7 heteroatoms. The molecule has 1 heterocycles. The molecular formula is C18H19NO5S. The highest BCUT2D eigenvalue weighted by Crippen LogP contribution is 2.33. The minimum Gasteiger partial charge on any atom is -0.486 e. The fourth-order valence-electron chi connectivity index (χ4n) is 2.61. The van der Waals surface area contributed by atoms with E-state index >= 15 is 0 Å². The number of carbonyl (C=O) groups is 1. The maximum atomic E-state index is 12.6. The molecule has 1 aliphatic heterocycles. The molecular weight excluding hydrogens is 342 g/mol. The standard InChI is InChI=1S/C18H19NO5S/c1-12(13-6-8-14(9-7-13)25(2,21)22)19-18(20)15-4-3-5-16-17(15)24-11-10-23-16/h3-9,12H,10-11H2,1-2H3,(H,19,20). The Balaban J connectivity index is 1.77. The van der Waals surface area contributed by atoms with Crippen molar-refractivity contribution < 1.29 is 22.7 Å². The number of carbonyl (C=O) groups excluding carboxylic acids is 1. The normalized spacial score (nSPS) is 14.6. The summed E-state index contributed by atoms with van der Waals surface area (Å²) in [5.74, 6) is 0.733. The number of hydrogen-bond donors (Lipinski definition) is 1. The summed E-state index contributed by atoms with van der Waals surface area (Å²) in [6.45, 7) is 2.70. The monoisotopic (exact) mass is 361 g/mol. The molecule has 2 aromatic carbocycles. The number of ether oxygens (including phenoxy) is 2. The summed E-state index contributed by atoms with van der Waals surface area (Å²) < 4.78 is 34.1. The minimum atomic E-state index is -3.24. The van der Waals surface area contributed by atoms with E-state index in [0.29, 0.717) is 30.3 Å². The Morgan fingerprint density at radius 1 is 1.08 bits per heavy atom. The summed E-state index contributed by atoms with van der Waals surface area (Å²) in [7, 11) is -3.24. The Labute approximate surface area is 146 Å². The largest absolute Gasteiger partial charge is 0.486 e. The van der Waals surface area contributed by atoms with Crippen LogP contribution < -0.4 is 14.8 Å². The minimum absolute atomic E-state index is 0.248. The van der Waals surface area contributed by atoms with Crippen LogP contribution in [-0.4, -0.2) is 33.8 Å². The molecule has 6 nitrogen and oxygen atoms in total. The maximum absolute atomic E-state index is 12.6. The third kappa shape index (κ3) is 3.76. The Morgan fingerprint density at radius 2 is 1.76 bits per heavy atom. The van der Waals surface area contributed by atoms with Crippen molar-refractivity contribution in [1.29, 1.82) is 0 Å². The van der Waals surface area contributed by atoms with Gasteiger partial charge in [-0.3, -0.25) is 4.79 Å². The topological polar surface area (TPSA) is 81.7 Å². The zero-order valence-corrected chi connectivity index (χ0v) is 14.8. The lowest BCUT2D eigenvalue weighted by Crippen LogP contribution is -2.28. The summed E-state index contributed by atoms with van der Waals surface area (Å²) in [6.07, 6.45) is 1.16. The molecule has 0 aliphatic carbocycles. The quantitative estimate of drug-likeness (QED) is 0.904. The second-order valence-corrected chi connectivity index (χ2v) is 7.88. The average Bonchev–Trinajstić information content (AvgIpc) is 2.60. The van der Waals surface area contributed by atoms with Crippen LogP contribution in [0, 0.1) is 0 Å². The van der Waals surface area contributed by atoms with Gasteiger partial charge in [0.15, 0.2) is 21.3 Å². The Morgan fingerprint density at radius 3 is 2.44 bits per heavy atom. The van der Waals surface area contributed by atoms with E-state index < -0.39 is 9.84 Å². The van der Waals surface area contributed by atoms with Gasteiger partial charge < -0.3 is 14.8 Å². The molecule has 25 heavy (non-hydrogen) atoms. The van der Waals surface area contributed by atoms with Crippen molar-refractivity contribution in [2.24, 2.45) is 0 Å². The number of benzene rings is 2. The van der Waals surface area contributed by atoms with Crippen molar-refractivity contribution in [3.63, 3.8) is 0 Å². The second kappa shape index (κ2) is 6.76. The Bertz CT molecular complexity index is 890. The highest BCUT2D eigenvalue weighted by atomic mass is 32.2. The fraction of sp³-hybridized carbons (Fsp3) is 0.278. The number of amides is 1. The van der Waals surface area contributed by atoms with E-state index in [4.69, 9.17) is 9.47 Å². The van der Waals surface area contributed by atoms with Crippen LogP contribution in [0.25, 0.3) is 0 Å². The molecule has 0 fully saturated rings. The summed E-state index contributed by atoms with van der Waals surface area (Å²) in [4.78, 5) is 12.8. The molecule has 0 bridgehead atoms. The van der Waals surface area contributed by atoms with Gasteiger partial charge in [0.05, 0.1) is 16.5 Å². The molecule has 0 saturated heterocycles. The number of fused-ring (bicyclic) bond motifs is 1. The van der Waals surface area contributed by atoms with Crippen LogP contribution in [0.3, 0.4) is 0 Å². The van der Waals surface area contributed by atoms with Gasteiger partial charge in [0.25, 0.3) is 5.91 Å².